The molecule has 124 valence electrons. The predicted octanol–water partition coefficient (Wildman–Crippen LogP) is 0.216. The van der Waals surface area contributed by atoms with E-state index in [1.807, 2.05) is 0 Å². The van der Waals surface area contributed by atoms with Gasteiger partial charge in [-0.3, -0.25) is 0 Å². The molecule has 0 amide bonds. The molecule has 1 heterocycles. The van der Waals surface area contributed by atoms with E-state index in [4.69, 9.17) is 14.2 Å². The van der Waals surface area contributed by atoms with Crippen LogP contribution in [0, 0.1) is 0 Å². The van der Waals surface area contributed by atoms with Crippen LogP contribution in [0.15, 0.2) is 0 Å². The molecule has 0 spiro atoms. The lowest BCUT2D eigenvalue weighted by Crippen LogP contribution is -2.52. The van der Waals surface area contributed by atoms with Gasteiger partial charge in [0, 0.05) is 0 Å². The maximum atomic E-state index is 11.4. The zero-order valence-electron chi connectivity index (χ0n) is 13.5. The van der Waals surface area contributed by atoms with Gasteiger partial charge in [0.05, 0.1) is 19.3 Å². The maximum absolute atomic E-state index is 11.4. The lowest BCUT2D eigenvalue weighted by molar-refractivity contribution is -0.207. The van der Waals surface area contributed by atoms with Gasteiger partial charge in [-0.1, -0.05) is 0 Å². The predicted molar refractivity (Wildman–Crippen MR) is 73.6 cm³/mol. The minimum absolute atomic E-state index is 0.193. The first kappa shape index (κ1) is 18.3. The molecule has 0 aromatic rings. The average molecular weight is 306 g/mol. The quantitative estimate of drug-likeness (QED) is 0.701. The van der Waals surface area contributed by atoms with Crippen molar-refractivity contribution in [3.63, 3.8) is 0 Å². The Morgan fingerprint density at radius 1 is 1.33 bits per heavy atom. The van der Waals surface area contributed by atoms with Crippen LogP contribution in [0.3, 0.4) is 0 Å². The third kappa shape index (κ3) is 5.19. The molecule has 0 aromatic carbocycles. The molecule has 1 aliphatic rings. The van der Waals surface area contributed by atoms with Crippen LogP contribution in [0.5, 0.6) is 0 Å². The summed E-state index contributed by atoms with van der Waals surface area (Å²) in [5.41, 5.74) is -0.600. The number of aliphatic hydroxyl groups excluding tert-OH is 2. The van der Waals surface area contributed by atoms with Gasteiger partial charge in [0.25, 0.3) is 0 Å². The Balaban J connectivity index is 2.89. The molecule has 1 aliphatic heterocycles. The Hall–Kier alpha value is -0.730. The summed E-state index contributed by atoms with van der Waals surface area (Å²) in [6.45, 7) is 9.09. The highest BCUT2D eigenvalue weighted by Gasteiger charge is 2.45. The van der Waals surface area contributed by atoms with E-state index in [9.17, 15) is 15.0 Å². The van der Waals surface area contributed by atoms with Crippen LogP contribution >= 0.6 is 0 Å². The van der Waals surface area contributed by atoms with Crippen molar-refractivity contribution < 1.29 is 34.0 Å². The molecule has 1 saturated heterocycles. The molecular formula is C14H26O7. The van der Waals surface area contributed by atoms with Crippen molar-refractivity contribution in [3.05, 3.63) is 0 Å². The van der Waals surface area contributed by atoms with E-state index in [0.29, 0.717) is 0 Å². The van der Waals surface area contributed by atoms with Crippen molar-refractivity contribution in [1.29, 1.82) is 0 Å². The standard InChI is InChI=1S/C14H26O7/c1-13(2,3)21-11(8-7-19-14(4,5)20-8)9(15)10(16)12(17)18-6/h8-11,15-16H,7H2,1-6H3/t8-,9-,10-,11-/m1/s1. The van der Waals surface area contributed by atoms with Crippen molar-refractivity contribution in [2.24, 2.45) is 0 Å². The fourth-order valence-corrected chi connectivity index (χ4v) is 2.09. The van der Waals surface area contributed by atoms with Gasteiger partial charge >= 0.3 is 5.97 Å². The first-order valence-electron chi connectivity index (χ1n) is 6.90. The largest absolute Gasteiger partial charge is 0.467 e. The SMILES string of the molecule is COC(=O)[C@H](O)[C@@H](O)[C@H](OC(C)(C)C)[C@H]1COC(C)(C)O1. The molecule has 4 atom stereocenters. The molecule has 0 unspecified atom stereocenters. The summed E-state index contributed by atoms with van der Waals surface area (Å²) >= 11 is 0. The summed E-state index contributed by atoms with van der Waals surface area (Å²) in [6.07, 6.45) is -4.73. The van der Waals surface area contributed by atoms with E-state index < -0.39 is 41.8 Å². The molecule has 0 aromatic heterocycles. The molecule has 1 rings (SSSR count). The molecule has 7 nitrogen and oxygen atoms in total. The number of rotatable bonds is 5. The van der Waals surface area contributed by atoms with Crippen molar-refractivity contribution in [2.45, 2.75) is 70.4 Å². The van der Waals surface area contributed by atoms with Gasteiger partial charge < -0.3 is 29.2 Å². The Bertz CT molecular complexity index is 361. The molecule has 1 fully saturated rings. The highest BCUT2D eigenvalue weighted by Crippen LogP contribution is 2.29. The maximum Gasteiger partial charge on any atom is 0.337 e. The van der Waals surface area contributed by atoms with Crippen LogP contribution < -0.4 is 0 Å². The number of methoxy groups -OCH3 is 1. The molecule has 0 aliphatic carbocycles. The van der Waals surface area contributed by atoms with Gasteiger partial charge in [-0.25, -0.2) is 4.79 Å². The number of ether oxygens (including phenoxy) is 4. The first-order chi connectivity index (χ1) is 9.47. The van der Waals surface area contributed by atoms with Crippen LogP contribution in [0.1, 0.15) is 34.6 Å². The first-order valence-corrected chi connectivity index (χ1v) is 6.90. The lowest BCUT2D eigenvalue weighted by atomic mass is 10.0. The molecular weight excluding hydrogens is 280 g/mol. The topological polar surface area (TPSA) is 94.5 Å². The normalized spacial score (nSPS) is 26.2. The van der Waals surface area contributed by atoms with Crippen LogP contribution in [0.2, 0.25) is 0 Å². The summed E-state index contributed by atoms with van der Waals surface area (Å²) in [5, 5.41) is 20.1. The van der Waals surface area contributed by atoms with E-state index in [1.54, 1.807) is 34.6 Å². The van der Waals surface area contributed by atoms with Crippen molar-refractivity contribution >= 4 is 5.97 Å². The number of carbonyl (C=O) groups is 1. The van der Waals surface area contributed by atoms with Gasteiger partial charge in [-0.2, -0.15) is 0 Å². The van der Waals surface area contributed by atoms with Gasteiger partial charge in [0.1, 0.15) is 18.3 Å². The van der Waals surface area contributed by atoms with E-state index >= 15 is 0 Å². The van der Waals surface area contributed by atoms with E-state index in [2.05, 4.69) is 4.74 Å². The number of hydrogen-bond acceptors (Lipinski definition) is 7. The molecule has 0 bridgehead atoms. The Morgan fingerprint density at radius 3 is 2.29 bits per heavy atom. The zero-order valence-corrected chi connectivity index (χ0v) is 13.5. The van der Waals surface area contributed by atoms with E-state index in [1.165, 1.54) is 0 Å². The summed E-state index contributed by atoms with van der Waals surface area (Å²) in [4.78, 5) is 11.4. The molecule has 2 N–H and O–H groups in total. The second-order valence-corrected chi connectivity index (χ2v) is 6.52. The molecule has 21 heavy (non-hydrogen) atoms. The van der Waals surface area contributed by atoms with Gasteiger partial charge in [0.2, 0.25) is 0 Å². The minimum atomic E-state index is -1.71. The Kier molecular flexibility index (Phi) is 5.74. The van der Waals surface area contributed by atoms with Crippen LogP contribution in [-0.2, 0) is 23.7 Å². The number of aliphatic hydroxyl groups is 2. The number of hydrogen-bond donors (Lipinski definition) is 2. The lowest BCUT2D eigenvalue weighted by Gasteiger charge is -2.35. The third-order valence-corrected chi connectivity index (χ3v) is 2.99. The van der Waals surface area contributed by atoms with Gasteiger partial charge in [0.15, 0.2) is 11.9 Å². The van der Waals surface area contributed by atoms with Crippen molar-refractivity contribution in [1.82, 2.24) is 0 Å². The highest BCUT2D eigenvalue weighted by molar-refractivity contribution is 5.75. The fourth-order valence-electron chi connectivity index (χ4n) is 2.09. The zero-order chi connectivity index (χ0) is 16.4. The molecule has 0 saturated carbocycles. The average Bonchev–Trinajstić information content (AvgIpc) is 2.72. The monoisotopic (exact) mass is 306 g/mol. The van der Waals surface area contributed by atoms with Gasteiger partial charge in [-0.15, -0.1) is 0 Å². The van der Waals surface area contributed by atoms with E-state index in [-0.39, 0.29) is 6.61 Å². The molecule has 7 heteroatoms. The second kappa shape index (κ2) is 6.58. The summed E-state index contributed by atoms with van der Waals surface area (Å²) < 4.78 is 21.3. The molecule has 0 radical (unpaired) electrons. The van der Waals surface area contributed by atoms with Crippen LogP contribution in [-0.4, -0.2) is 65.7 Å². The van der Waals surface area contributed by atoms with E-state index in [0.717, 1.165) is 7.11 Å². The van der Waals surface area contributed by atoms with Gasteiger partial charge in [-0.05, 0) is 34.6 Å². The summed E-state index contributed by atoms with van der Waals surface area (Å²) in [5.74, 6) is -1.73. The number of carbonyl (C=O) groups excluding carboxylic acids is 1. The smallest absolute Gasteiger partial charge is 0.337 e. The fraction of sp³-hybridized carbons (Fsp3) is 0.929. The van der Waals surface area contributed by atoms with Crippen LogP contribution in [0.4, 0.5) is 0 Å². The van der Waals surface area contributed by atoms with Crippen LogP contribution in [0.25, 0.3) is 0 Å². The Labute approximate surface area is 125 Å². The van der Waals surface area contributed by atoms with Crippen molar-refractivity contribution in [3.8, 4) is 0 Å². The Morgan fingerprint density at radius 2 is 1.90 bits per heavy atom. The van der Waals surface area contributed by atoms with Crippen molar-refractivity contribution in [2.75, 3.05) is 13.7 Å². The highest BCUT2D eigenvalue weighted by atomic mass is 16.8. The summed E-state index contributed by atoms with van der Waals surface area (Å²) in [7, 11) is 1.14. The number of esters is 1. The summed E-state index contributed by atoms with van der Waals surface area (Å²) in [6, 6.07) is 0. The third-order valence-electron chi connectivity index (χ3n) is 2.99. The minimum Gasteiger partial charge on any atom is -0.467 e. The second-order valence-electron chi connectivity index (χ2n) is 6.52.